The van der Waals surface area contributed by atoms with Crippen LogP contribution in [0.2, 0.25) is 0 Å². The van der Waals surface area contributed by atoms with Gasteiger partial charge in [0.25, 0.3) is 22.6 Å². The van der Waals surface area contributed by atoms with Crippen molar-refractivity contribution in [1.82, 2.24) is 38.9 Å². The first kappa shape index (κ1) is 65.3. The smallest absolute Gasteiger partial charge is 0.373 e. The van der Waals surface area contributed by atoms with Gasteiger partial charge in [0.2, 0.25) is 0 Å². The monoisotopic (exact) mass is 1130 g/mol. The van der Waals surface area contributed by atoms with Crippen LogP contribution in [0.15, 0.2) is 83.7 Å². The number of rotatable bonds is 11. The molecule has 8 heterocycles. The number of H-pyrrole nitrogens is 3. The molecule has 0 aromatic carbocycles. The Bertz CT molecular complexity index is 3130. The zero-order valence-electron chi connectivity index (χ0n) is 45.6. The van der Waals surface area contributed by atoms with E-state index < -0.39 is 105 Å². The first-order valence-corrected chi connectivity index (χ1v) is 24.8. The number of methoxy groups -OCH3 is 2. The second kappa shape index (κ2) is 27.3. The molecule has 5 aliphatic rings. The van der Waals surface area contributed by atoms with Gasteiger partial charge < -0.3 is 64.2 Å². The van der Waals surface area contributed by atoms with E-state index in [2.05, 4.69) is 26.8 Å². The van der Waals surface area contributed by atoms with E-state index >= 15 is 0 Å². The number of aromatic nitrogens is 6. The van der Waals surface area contributed by atoms with Gasteiger partial charge in [0.15, 0.2) is 0 Å². The minimum Gasteiger partial charge on any atom is -0.469 e. The van der Waals surface area contributed by atoms with Crippen LogP contribution in [0.5, 0.6) is 0 Å². The molecule has 4 fully saturated rings. The topological polar surface area (TPSA) is 422 Å². The van der Waals surface area contributed by atoms with Crippen molar-refractivity contribution in [2.75, 3.05) is 47.3 Å². The van der Waals surface area contributed by atoms with E-state index in [1.807, 2.05) is 13.8 Å². The number of nitrogens with one attached hydrogen (secondary N) is 4. The minimum absolute atomic E-state index is 0.0817. The van der Waals surface area contributed by atoms with Gasteiger partial charge >= 0.3 is 35.2 Å². The van der Waals surface area contributed by atoms with Gasteiger partial charge in [0.05, 0.1) is 82.5 Å². The molecule has 0 saturated carbocycles. The Morgan fingerprint density at radius 3 is 1.48 bits per heavy atom. The Morgan fingerprint density at radius 1 is 0.637 bits per heavy atom. The predicted molar refractivity (Wildman–Crippen MR) is 273 cm³/mol. The molecule has 8 rings (SSSR count). The lowest BCUT2D eigenvalue weighted by Crippen LogP contribution is -2.42. The van der Waals surface area contributed by atoms with Gasteiger partial charge in [-0.15, -0.1) is 0 Å². The number of esters is 2. The van der Waals surface area contributed by atoms with Crippen LogP contribution in [0.3, 0.4) is 0 Å². The van der Waals surface area contributed by atoms with Gasteiger partial charge in [-0.2, -0.15) is 9.59 Å². The third-order valence-corrected chi connectivity index (χ3v) is 14.6. The summed E-state index contributed by atoms with van der Waals surface area (Å²) in [4.78, 5) is 128. The standard InChI is InChI=1S/C14H20N2O5.C13H18N2O6.C11H16N2O5.C11H16N2O4.CO2/c1-8-6-16(9(2)15-12(8)18)11-5-14(3,13(19)20-4)10(7-17)21-11;1-7-5-15(12(19)14-10(7)17)9-4-13(2,11(18)20-3)8(6-16)21-9;1-11(6-15)4-9(18-7(11)5-14)13-3-2-8(16)12-10(13)17;1-11(2)5-9(17-7(11)6-14)13-4-3-8(15)12-10(13)16;2-1-3/h6,10-11,17H,2,5,7H2,1,3-4H3,(H,15,18);5,8-9,16H,4,6H2,1-3H3,(H,14,17,19);2-3,7,9,14-15H,4-6H2,1H3,(H,12,16,17);3-4,7,9,14H,5-6H2,1-2H3,(H,12,15,16);/t10-,11-,14+;8-,9+,13+;7-,9+,11-;7-,9+;/m1111./s1. The summed E-state index contributed by atoms with van der Waals surface area (Å²) in [6.07, 6.45) is 2.93. The molecule has 0 spiro atoms. The van der Waals surface area contributed by atoms with E-state index in [1.165, 1.54) is 58.6 Å². The highest BCUT2D eigenvalue weighted by Gasteiger charge is 2.54. The molecule has 9 N–H and O–H groups in total. The van der Waals surface area contributed by atoms with Crippen LogP contribution in [-0.2, 0) is 52.4 Å². The summed E-state index contributed by atoms with van der Waals surface area (Å²) >= 11 is 0. The zero-order chi connectivity index (χ0) is 60.2. The van der Waals surface area contributed by atoms with Crippen molar-refractivity contribution < 1.29 is 77.9 Å². The Balaban J connectivity index is 0.000000226. The van der Waals surface area contributed by atoms with E-state index in [4.69, 9.17) is 38.0 Å². The fraction of sp³-hybridized carbons (Fsp3) is 0.600. The molecule has 3 aromatic heterocycles. The van der Waals surface area contributed by atoms with Crippen LogP contribution in [0, 0.1) is 28.6 Å². The first-order chi connectivity index (χ1) is 37.5. The number of aryl methyl sites for hydroxylation is 1. The van der Waals surface area contributed by atoms with Crippen molar-refractivity contribution in [3.8, 4) is 0 Å². The van der Waals surface area contributed by atoms with E-state index in [1.54, 1.807) is 45.7 Å². The zero-order valence-corrected chi connectivity index (χ0v) is 45.6. The number of hydrogen-bond donors (Lipinski definition) is 9. The number of aromatic amines is 3. The normalized spacial score (nSPS) is 29.1. The summed E-state index contributed by atoms with van der Waals surface area (Å²) in [7, 11) is 2.56. The van der Waals surface area contributed by atoms with Crippen molar-refractivity contribution in [2.24, 2.45) is 21.7 Å². The van der Waals surface area contributed by atoms with E-state index in [0.29, 0.717) is 36.2 Å². The third kappa shape index (κ3) is 14.6. The van der Waals surface area contributed by atoms with Gasteiger partial charge in [0.1, 0.15) is 30.7 Å². The van der Waals surface area contributed by atoms with Crippen LogP contribution in [0.1, 0.15) is 91.5 Å². The lowest BCUT2D eigenvalue weighted by atomic mass is 9.83. The molecule has 442 valence electrons. The van der Waals surface area contributed by atoms with Crippen molar-refractivity contribution in [3.63, 3.8) is 0 Å². The van der Waals surface area contributed by atoms with Gasteiger partial charge in [-0.25, -0.2) is 14.4 Å². The molecule has 11 atom stereocenters. The molecule has 0 unspecified atom stereocenters. The maximum atomic E-state index is 12.0. The number of aliphatic hydroxyl groups is 5. The highest BCUT2D eigenvalue weighted by atomic mass is 16.6. The van der Waals surface area contributed by atoms with E-state index in [-0.39, 0.29) is 63.0 Å². The van der Waals surface area contributed by atoms with E-state index in [0.717, 1.165) is 0 Å². The average molecular weight is 1140 g/mol. The molecular formula is C50H70N8O22. The number of ether oxygens (including phenoxy) is 6. The van der Waals surface area contributed by atoms with Crippen LogP contribution in [-0.4, -0.2) is 161 Å². The van der Waals surface area contributed by atoms with Crippen LogP contribution in [0.25, 0.3) is 0 Å². The fourth-order valence-corrected chi connectivity index (χ4v) is 9.46. The second-order valence-electron chi connectivity index (χ2n) is 20.7. The summed E-state index contributed by atoms with van der Waals surface area (Å²) in [6.45, 7) is 14.9. The largest absolute Gasteiger partial charge is 0.469 e. The Kier molecular flexibility index (Phi) is 22.3. The molecule has 0 aliphatic carbocycles. The number of hydrogen-bond acceptors (Lipinski definition) is 23. The summed E-state index contributed by atoms with van der Waals surface area (Å²) in [6, 6.07) is 2.51. The molecule has 1 amide bonds. The predicted octanol–water partition coefficient (Wildman–Crippen LogP) is -2.54. The Labute approximate surface area is 455 Å². The summed E-state index contributed by atoms with van der Waals surface area (Å²) in [5, 5.41) is 49.3. The highest BCUT2D eigenvalue weighted by Crippen LogP contribution is 2.45. The maximum absolute atomic E-state index is 12.0. The maximum Gasteiger partial charge on any atom is 0.373 e. The Hall–Kier alpha value is -7.25. The molecule has 4 saturated heterocycles. The van der Waals surface area contributed by atoms with Crippen molar-refractivity contribution in [1.29, 1.82) is 0 Å². The fourth-order valence-electron chi connectivity index (χ4n) is 9.46. The highest BCUT2D eigenvalue weighted by molar-refractivity contribution is 5.94. The molecule has 5 aliphatic heterocycles. The molecule has 0 radical (unpaired) electrons. The number of amides is 1. The minimum atomic E-state index is -1.06. The van der Waals surface area contributed by atoms with Gasteiger partial charge in [0, 0.05) is 79.2 Å². The SMILES string of the molecule is C=C1NC(=O)C(C)=CN1[C@H]1C[C@](C)(C(=O)OC)[C@@H](CO)O1.CC1(C)C[C@@H](n2ccc(=O)[nH]c2=O)O[C@@H]1CO.COC(=O)[C@@]1(C)C[C@@H](n2cc(C)c(=O)[nH]c2=O)O[C@@H]1CO.C[C@]1(CO)C[C@@H](n2ccc(=O)[nH]c2=O)O[C@@H]1CO.O=C=O. The molecule has 3 aromatic rings. The number of nitrogens with zero attached hydrogens (tertiary/aromatic N) is 4. The second-order valence-corrected chi connectivity index (χ2v) is 20.7. The summed E-state index contributed by atoms with van der Waals surface area (Å²) < 4.78 is 35.9. The number of aliphatic hydroxyl groups excluding tert-OH is 5. The molecule has 30 heteroatoms. The third-order valence-electron chi connectivity index (χ3n) is 14.6. The Morgan fingerprint density at radius 2 is 1.05 bits per heavy atom. The van der Waals surface area contributed by atoms with Crippen LogP contribution in [0.4, 0.5) is 0 Å². The van der Waals surface area contributed by atoms with Gasteiger partial charge in [-0.05, 0) is 33.1 Å². The number of carbonyl (C=O) groups excluding carboxylic acids is 5. The van der Waals surface area contributed by atoms with Crippen LogP contribution < -0.4 is 39.1 Å². The molecule has 30 nitrogen and oxygen atoms in total. The van der Waals surface area contributed by atoms with Crippen molar-refractivity contribution in [2.45, 2.75) is 123 Å². The first-order valence-electron chi connectivity index (χ1n) is 24.8. The van der Waals surface area contributed by atoms with E-state index in [9.17, 15) is 68.7 Å². The number of carbonyl (C=O) groups is 3. The molecule has 80 heavy (non-hydrogen) atoms. The van der Waals surface area contributed by atoms with Crippen molar-refractivity contribution >= 4 is 24.0 Å². The van der Waals surface area contributed by atoms with Crippen LogP contribution >= 0.6 is 0 Å². The average Bonchev–Trinajstić information content (AvgIpc) is 4.17. The quantitative estimate of drug-likeness (QED) is 0.0893. The summed E-state index contributed by atoms with van der Waals surface area (Å²) in [5.74, 6) is -0.792. The summed E-state index contributed by atoms with van der Waals surface area (Å²) in [5.41, 5.74) is -4.99. The molecule has 0 bridgehead atoms. The van der Waals surface area contributed by atoms with Gasteiger partial charge in [-0.1, -0.05) is 27.4 Å². The lowest BCUT2D eigenvalue weighted by Gasteiger charge is -2.32. The molecular weight excluding hydrogens is 1060 g/mol. The van der Waals surface area contributed by atoms with Gasteiger partial charge in [-0.3, -0.25) is 57.4 Å². The lowest BCUT2D eigenvalue weighted by molar-refractivity contribution is -0.191. The van der Waals surface area contributed by atoms with Crippen molar-refractivity contribution in [3.05, 3.63) is 123 Å².